The first kappa shape index (κ1) is 13.2. The third-order valence-electron chi connectivity index (χ3n) is 2.98. The van der Waals surface area contributed by atoms with Crippen LogP contribution in [0.4, 0.5) is 5.95 Å². The number of hydrogen-bond donors (Lipinski definition) is 1. The zero-order valence-electron chi connectivity index (χ0n) is 11.7. The summed E-state index contributed by atoms with van der Waals surface area (Å²) in [7, 11) is 0. The van der Waals surface area contributed by atoms with Crippen LogP contribution in [0.5, 0.6) is 6.01 Å². The van der Waals surface area contributed by atoms with E-state index in [4.69, 9.17) is 10.5 Å². The fraction of sp³-hybridized carbons (Fsp3) is 0.200. The van der Waals surface area contributed by atoms with Crippen LogP contribution in [0.1, 0.15) is 13.3 Å². The number of nitrogens with two attached hydrogens (primary N) is 1. The Morgan fingerprint density at radius 2 is 1.95 bits per heavy atom. The van der Waals surface area contributed by atoms with Gasteiger partial charge in [0.1, 0.15) is 0 Å². The highest BCUT2D eigenvalue weighted by Gasteiger charge is 2.11. The molecule has 1 aromatic carbocycles. The van der Waals surface area contributed by atoms with E-state index in [1.54, 1.807) is 12.4 Å². The van der Waals surface area contributed by atoms with Gasteiger partial charge in [-0.25, -0.2) is 0 Å². The van der Waals surface area contributed by atoms with Gasteiger partial charge in [-0.3, -0.25) is 4.98 Å². The van der Waals surface area contributed by atoms with Crippen molar-refractivity contribution in [2.45, 2.75) is 13.3 Å². The highest BCUT2D eigenvalue weighted by molar-refractivity contribution is 5.94. The predicted octanol–water partition coefficient (Wildman–Crippen LogP) is 2.46. The van der Waals surface area contributed by atoms with Crippen LogP contribution < -0.4 is 10.5 Å². The van der Waals surface area contributed by atoms with Crippen LogP contribution in [-0.4, -0.2) is 26.5 Å². The molecule has 0 bridgehead atoms. The highest BCUT2D eigenvalue weighted by atomic mass is 16.5. The van der Waals surface area contributed by atoms with Gasteiger partial charge in [0.05, 0.1) is 6.61 Å². The third kappa shape index (κ3) is 2.74. The van der Waals surface area contributed by atoms with E-state index in [2.05, 4.69) is 19.9 Å². The average molecular weight is 281 g/mol. The Morgan fingerprint density at radius 1 is 1.10 bits per heavy atom. The molecule has 0 spiro atoms. The summed E-state index contributed by atoms with van der Waals surface area (Å²) in [5.41, 5.74) is 6.56. The topological polar surface area (TPSA) is 86.8 Å². The zero-order chi connectivity index (χ0) is 14.7. The van der Waals surface area contributed by atoms with Crippen molar-refractivity contribution in [3.8, 4) is 17.4 Å². The SMILES string of the molecule is CCCOc1nc(N)nc(-c2cncc3ccccc23)n1. The molecule has 2 aromatic heterocycles. The normalized spacial score (nSPS) is 10.7. The molecule has 21 heavy (non-hydrogen) atoms. The van der Waals surface area contributed by atoms with E-state index >= 15 is 0 Å². The molecule has 0 saturated carbocycles. The van der Waals surface area contributed by atoms with Crippen LogP contribution in [0, 0.1) is 0 Å². The van der Waals surface area contributed by atoms with Gasteiger partial charge in [0.25, 0.3) is 0 Å². The first-order valence-electron chi connectivity index (χ1n) is 6.75. The lowest BCUT2D eigenvalue weighted by molar-refractivity contribution is 0.292. The molecule has 106 valence electrons. The molecule has 0 aliphatic carbocycles. The molecule has 0 fully saturated rings. The molecule has 0 aliphatic rings. The first-order chi connectivity index (χ1) is 10.3. The average Bonchev–Trinajstić information content (AvgIpc) is 2.52. The first-order valence-corrected chi connectivity index (χ1v) is 6.75. The molecular formula is C15H15N5O. The molecule has 6 nitrogen and oxygen atoms in total. The lowest BCUT2D eigenvalue weighted by atomic mass is 10.1. The van der Waals surface area contributed by atoms with Crippen molar-refractivity contribution in [1.29, 1.82) is 0 Å². The van der Waals surface area contributed by atoms with Crippen molar-refractivity contribution < 1.29 is 4.74 Å². The lowest BCUT2D eigenvalue weighted by Crippen LogP contribution is -2.06. The van der Waals surface area contributed by atoms with Gasteiger partial charge in [0.15, 0.2) is 5.82 Å². The molecule has 3 aromatic rings. The molecule has 0 atom stereocenters. The summed E-state index contributed by atoms with van der Waals surface area (Å²) in [4.78, 5) is 16.7. The van der Waals surface area contributed by atoms with Crippen LogP contribution in [0.15, 0.2) is 36.7 Å². The number of nitrogens with zero attached hydrogens (tertiary/aromatic N) is 4. The maximum Gasteiger partial charge on any atom is 0.321 e. The Morgan fingerprint density at radius 3 is 2.81 bits per heavy atom. The minimum Gasteiger partial charge on any atom is -0.463 e. The number of hydrogen-bond acceptors (Lipinski definition) is 6. The number of anilines is 1. The predicted molar refractivity (Wildman–Crippen MR) is 80.8 cm³/mol. The van der Waals surface area contributed by atoms with Crippen molar-refractivity contribution >= 4 is 16.7 Å². The van der Waals surface area contributed by atoms with Gasteiger partial charge in [0, 0.05) is 23.3 Å². The molecule has 0 radical (unpaired) electrons. The van der Waals surface area contributed by atoms with E-state index in [0.717, 1.165) is 22.8 Å². The monoisotopic (exact) mass is 281 g/mol. The summed E-state index contributed by atoms with van der Waals surface area (Å²) in [6, 6.07) is 8.16. The van der Waals surface area contributed by atoms with E-state index in [1.165, 1.54) is 0 Å². The fourth-order valence-electron chi connectivity index (χ4n) is 2.05. The Hall–Kier alpha value is -2.76. The van der Waals surface area contributed by atoms with Gasteiger partial charge < -0.3 is 10.5 Å². The second kappa shape index (κ2) is 5.70. The van der Waals surface area contributed by atoms with Crippen molar-refractivity contribution in [2.75, 3.05) is 12.3 Å². The number of rotatable bonds is 4. The van der Waals surface area contributed by atoms with Crippen molar-refractivity contribution in [3.63, 3.8) is 0 Å². The third-order valence-corrected chi connectivity index (χ3v) is 2.98. The van der Waals surface area contributed by atoms with Crippen LogP contribution in [0.3, 0.4) is 0 Å². The van der Waals surface area contributed by atoms with E-state index in [9.17, 15) is 0 Å². The number of pyridine rings is 1. The molecule has 0 aliphatic heterocycles. The largest absolute Gasteiger partial charge is 0.463 e. The van der Waals surface area contributed by atoms with Crippen LogP contribution in [0.25, 0.3) is 22.2 Å². The van der Waals surface area contributed by atoms with Gasteiger partial charge >= 0.3 is 6.01 Å². The van der Waals surface area contributed by atoms with Crippen molar-refractivity contribution in [3.05, 3.63) is 36.7 Å². The van der Waals surface area contributed by atoms with E-state index in [-0.39, 0.29) is 12.0 Å². The van der Waals surface area contributed by atoms with Gasteiger partial charge in [0.2, 0.25) is 5.95 Å². The van der Waals surface area contributed by atoms with Crippen molar-refractivity contribution in [2.24, 2.45) is 0 Å². The molecule has 6 heteroatoms. The van der Waals surface area contributed by atoms with Gasteiger partial charge in [-0.1, -0.05) is 31.2 Å². The Bertz CT molecular complexity index is 770. The lowest BCUT2D eigenvalue weighted by Gasteiger charge is -2.07. The van der Waals surface area contributed by atoms with Gasteiger partial charge in [-0.05, 0) is 11.8 Å². The van der Waals surface area contributed by atoms with E-state index in [1.807, 2.05) is 31.2 Å². The quantitative estimate of drug-likeness (QED) is 0.790. The minimum atomic E-state index is 0.138. The maximum atomic E-state index is 5.75. The van der Waals surface area contributed by atoms with E-state index in [0.29, 0.717) is 12.4 Å². The minimum absolute atomic E-state index is 0.138. The molecule has 0 saturated heterocycles. The summed E-state index contributed by atoms with van der Waals surface area (Å²) < 4.78 is 5.45. The summed E-state index contributed by atoms with van der Waals surface area (Å²) in [6.07, 6.45) is 4.40. The number of ether oxygens (including phenoxy) is 1. The maximum absolute atomic E-state index is 5.75. The summed E-state index contributed by atoms with van der Waals surface area (Å²) in [6.45, 7) is 2.55. The molecular weight excluding hydrogens is 266 g/mol. The number of benzene rings is 1. The molecule has 2 heterocycles. The van der Waals surface area contributed by atoms with Gasteiger partial charge in [-0.15, -0.1) is 0 Å². The summed E-state index contributed by atoms with van der Waals surface area (Å²) >= 11 is 0. The number of fused-ring (bicyclic) bond motifs is 1. The van der Waals surface area contributed by atoms with Crippen LogP contribution >= 0.6 is 0 Å². The second-order valence-electron chi connectivity index (χ2n) is 4.56. The Labute approximate surface area is 122 Å². The fourth-order valence-corrected chi connectivity index (χ4v) is 2.05. The van der Waals surface area contributed by atoms with Gasteiger partial charge in [-0.2, -0.15) is 15.0 Å². The number of nitrogen functional groups attached to an aromatic ring is 1. The van der Waals surface area contributed by atoms with Crippen LogP contribution in [-0.2, 0) is 0 Å². The molecule has 2 N–H and O–H groups in total. The van der Waals surface area contributed by atoms with Crippen molar-refractivity contribution in [1.82, 2.24) is 19.9 Å². The number of aromatic nitrogens is 4. The standard InChI is InChI=1S/C15H15N5O/c1-2-7-21-15-19-13(18-14(16)20-15)12-9-17-8-10-5-3-4-6-11(10)12/h3-6,8-9H,2,7H2,1H3,(H2,16,18,19,20). The highest BCUT2D eigenvalue weighted by Crippen LogP contribution is 2.26. The zero-order valence-corrected chi connectivity index (χ0v) is 11.7. The molecule has 0 amide bonds. The smallest absolute Gasteiger partial charge is 0.321 e. The molecule has 3 rings (SSSR count). The molecule has 0 unspecified atom stereocenters. The van der Waals surface area contributed by atoms with Crippen LogP contribution in [0.2, 0.25) is 0 Å². The second-order valence-corrected chi connectivity index (χ2v) is 4.56. The summed E-state index contributed by atoms with van der Waals surface area (Å²) in [5.74, 6) is 0.608. The Balaban J connectivity index is 2.12. The Kier molecular flexibility index (Phi) is 3.59. The van der Waals surface area contributed by atoms with E-state index < -0.39 is 0 Å². The summed E-state index contributed by atoms with van der Waals surface area (Å²) in [5, 5.41) is 2.03.